The fourth-order valence-electron chi connectivity index (χ4n) is 2.17. The topological polar surface area (TPSA) is 95.6 Å². The third kappa shape index (κ3) is 2.09. The zero-order valence-corrected chi connectivity index (χ0v) is 10.8. The number of carbonyl (C=O) groups is 1. The largest absolute Gasteiger partial charge is 0.350 e. The molecule has 2 heterocycles. The smallest absolute Gasteiger partial charge is 0.340 e. The summed E-state index contributed by atoms with van der Waals surface area (Å²) < 4.78 is 1.90. The van der Waals surface area contributed by atoms with Gasteiger partial charge in [-0.25, -0.2) is 9.89 Å². The van der Waals surface area contributed by atoms with Gasteiger partial charge in [0.05, 0.1) is 12.1 Å². The zero-order chi connectivity index (χ0) is 14.1. The summed E-state index contributed by atoms with van der Waals surface area (Å²) in [6.07, 6.45) is 1.79. The van der Waals surface area contributed by atoms with E-state index in [1.807, 2.05) is 35.9 Å². The summed E-state index contributed by atoms with van der Waals surface area (Å²) in [7, 11) is 1.89. The standard InChI is InChI=1S/C13H13N5O2/c1-18-7-9(8-4-2-3-5-10(8)18)12(19)14-6-11-15-13(20)17-16-11/h2-5,7H,6H2,1H3,(H,14,19)(H2,15,16,17,20). The minimum absolute atomic E-state index is 0.167. The third-order valence-corrected chi connectivity index (χ3v) is 3.11. The van der Waals surface area contributed by atoms with Crippen molar-refractivity contribution in [2.75, 3.05) is 0 Å². The van der Waals surface area contributed by atoms with E-state index in [0.717, 1.165) is 10.9 Å². The number of fused-ring (bicyclic) bond motifs is 1. The summed E-state index contributed by atoms with van der Waals surface area (Å²) in [6, 6.07) is 7.68. The lowest BCUT2D eigenvalue weighted by Gasteiger charge is -2.01. The molecule has 0 unspecified atom stereocenters. The molecule has 0 bridgehead atoms. The number of hydrogen-bond donors (Lipinski definition) is 3. The number of H-pyrrole nitrogens is 2. The molecule has 0 aliphatic heterocycles. The Balaban J connectivity index is 1.84. The van der Waals surface area contributed by atoms with Crippen LogP contribution in [0.1, 0.15) is 16.2 Å². The normalized spacial score (nSPS) is 10.8. The van der Waals surface area contributed by atoms with E-state index in [4.69, 9.17) is 0 Å². The number of rotatable bonds is 3. The molecule has 0 atom stereocenters. The Labute approximate surface area is 113 Å². The molecule has 20 heavy (non-hydrogen) atoms. The van der Waals surface area contributed by atoms with Crippen LogP contribution in [-0.4, -0.2) is 25.7 Å². The minimum Gasteiger partial charge on any atom is -0.350 e. The molecule has 0 radical (unpaired) electrons. The van der Waals surface area contributed by atoms with Crippen molar-refractivity contribution >= 4 is 16.8 Å². The lowest BCUT2D eigenvalue weighted by molar-refractivity contribution is 0.0951. The quantitative estimate of drug-likeness (QED) is 0.648. The second-order valence-corrected chi connectivity index (χ2v) is 4.48. The Bertz CT molecular complexity index is 827. The van der Waals surface area contributed by atoms with Crippen molar-refractivity contribution in [3.05, 3.63) is 52.3 Å². The highest BCUT2D eigenvalue weighted by molar-refractivity contribution is 6.06. The van der Waals surface area contributed by atoms with Crippen LogP contribution < -0.4 is 11.0 Å². The second-order valence-electron chi connectivity index (χ2n) is 4.48. The third-order valence-electron chi connectivity index (χ3n) is 3.11. The van der Waals surface area contributed by atoms with E-state index in [-0.39, 0.29) is 18.1 Å². The highest BCUT2D eigenvalue weighted by Crippen LogP contribution is 2.19. The van der Waals surface area contributed by atoms with Crippen LogP contribution in [0.2, 0.25) is 0 Å². The molecule has 3 rings (SSSR count). The SMILES string of the molecule is Cn1cc(C(=O)NCc2n[nH]c(=O)[nH]2)c2ccccc21. The molecule has 0 saturated heterocycles. The van der Waals surface area contributed by atoms with Crippen molar-refractivity contribution in [2.24, 2.45) is 7.05 Å². The van der Waals surface area contributed by atoms with E-state index >= 15 is 0 Å². The zero-order valence-electron chi connectivity index (χ0n) is 10.8. The van der Waals surface area contributed by atoms with Crippen LogP contribution >= 0.6 is 0 Å². The number of aromatic nitrogens is 4. The number of aromatic amines is 2. The first-order valence-corrected chi connectivity index (χ1v) is 6.11. The Morgan fingerprint density at radius 3 is 2.95 bits per heavy atom. The number of amides is 1. The van der Waals surface area contributed by atoms with Crippen LogP contribution in [0.15, 0.2) is 35.3 Å². The molecule has 2 aromatic heterocycles. The first-order valence-electron chi connectivity index (χ1n) is 6.11. The van der Waals surface area contributed by atoms with E-state index in [9.17, 15) is 9.59 Å². The molecule has 0 saturated carbocycles. The first kappa shape index (κ1) is 12.2. The fourth-order valence-corrected chi connectivity index (χ4v) is 2.17. The average Bonchev–Trinajstić information content (AvgIpc) is 3.01. The van der Waals surface area contributed by atoms with Gasteiger partial charge < -0.3 is 9.88 Å². The number of nitrogens with zero attached hydrogens (tertiary/aromatic N) is 2. The number of carbonyl (C=O) groups excluding carboxylic acids is 1. The number of hydrogen-bond acceptors (Lipinski definition) is 3. The minimum atomic E-state index is -0.389. The fraction of sp³-hybridized carbons (Fsp3) is 0.154. The van der Waals surface area contributed by atoms with Gasteiger partial charge in [-0.05, 0) is 6.07 Å². The number of nitrogens with one attached hydrogen (secondary N) is 3. The van der Waals surface area contributed by atoms with Crippen LogP contribution in [0.25, 0.3) is 10.9 Å². The average molecular weight is 271 g/mol. The molecule has 0 aliphatic rings. The Morgan fingerprint density at radius 1 is 1.40 bits per heavy atom. The second kappa shape index (κ2) is 4.69. The molecule has 1 amide bonds. The van der Waals surface area contributed by atoms with Crippen LogP contribution in [0.5, 0.6) is 0 Å². The van der Waals surface area contributed by atoms with Crippen molar-refractivity contribution < 1.29 is 4.79 Å². The maximum atomic E-state index is 12.2. The van der Waals surface area contributed by atoms with Gasteiger partial charge in [0.15, 0.2) is 0 Å². The molecule has 3 aromatic rings. The van der Waals surface area contributed by atoms with E-state index in [0.29, 0.717) is 11.4 Å². The molecule has 7 heteroatoms. The summed E-state index contributed by atoms with van der Waals surface area (Å²) in [5.74, 6) is 0.189. The summed E-state index contributed by atoms with van der Waals surface area (Å²) in [6.45, 7) is 0.167. The van der Waals surface area contributed by atoms with E-state index < -0.39 is 0 Å². The lowest BCUT2D eigenvalue weighted by Crippen LogP contribution is -2.23. The maximum Gasteiger partial charge on any atom is 0.340 e. The monoisotopic (exact) mass is 271 g/mol. The van der Waals surface area contributed by atoms with Gasteiger partial charge in [0, 0.05) is 24.1 Å². The van der Waals surface area contributed by atoms with E-state index in [2.05, 4.69) is 20.5 Å². The molecule has 7 nitrogen and oxygen atoms in total. The number of aryl methyl sites for hydroxylation is 1. The molecule has 0 fully saturated rings. The molecule has 3 N–H and O–H groups in total. The van der Waals surface area contributed by atoms with Crippen LogP contribution in [-0.2, 0) is 13.6 Å². The maximum absolute atomic E-state index is 12.2. The van der Waals surface area contributed by atoms with Crippen molar-refractivity contribution in [2.45, 2.75) is 6.54 Å². The van der Waals surface area contributed by atoms with Crippen LogP contribution in [0, 0.1) is 0 Å². The Kier molecular flexibility index (Phi) is 2.86. The van der Waals surface area contributed by atoms with Gasteiger partial charge in [0.1, 0.15) is 5.82 Å². The van der Waals surface area contributed by atoms with Crippen molar-refractivity contribution in [3.8, 4) is 0 Å². The van der Waals surface area contributed by atoms with Gasteiger partial charge in [-0.15, -0.1) is 0 Å². The van der Waals surface area contributed by atoms with Gasteiger partial charge in [0.25, 0.3) is 5.91 Å². The first-order chi connectivity index (χ1) is 9.65. The van der Waals surface area contributed by atoms with Gasteiger partial charge in [-0.2, -0.15) is 5.10 Å². The lowest BCUT2D eigenvalue weighted by atomic mass is 10.1. The van der Waals surface area contributed by atoms with E-state index in [1.165, 1.54) is 0 Å². The number of para-hydroxylation sites is 1. The van der Waals surface area contributed by atoms with Gasteiger partial charge in [-0.1, -0.05) is 18.2 Å². The Morgan fingerprint density at radius 2 is 2.20 bits per heavy atom. The predicted octanol–water partition coefficient (Wildman–Crippen LogP) is 0.520. The molecule has 0 spiro atoms. The highest BCUT2D eigenvalue weighted by Gasteiger charge is 2.13. The molecule has 1 aromatic carbocycles. The predicted molar refractivity (Wildman–Crippen MR) is 73.3 cm³/mol. The van der Waals surface area contributed by atoms with Crippen molar-refractivity contribution in [1.82, 2.24) is 25.1 Å². The molecule has 102 valence electrons. The molecular formula is C13H13N5O2. The summed E-state index contributed by atoms with van der Waals surface area (Å²) in [4.78, 5) is 25.6. The summed E-state index contributed by atoms with van der Waals surface area (Å²) in [5, 5.41) is 9.61. The highest BCUT2D eigenvalue weighted by atomic mass is 16.2. The van der Waals surface area contributed by atoms with Gasteiger partial charge in [0.2, 0.25) is 0 Å². The number of benzene rings is 1. The van der Waals surface area contributed by atoms with Crippen molar-refractivity contribution in [1.29, 1.82) is 0 Å². The summed E-state index contributed by atoms with van der Waals surface area (Å²) in [5.41, 5.74) is 1.20. The van der Waals surface area contributed by atoms with Gasteiger partial charge in [-0.3, -0.25) is 9.78 Å². The molecule has 0 aliphatic carbocycles. The molecular weight excluding hydrogens is 258 g/mol. The Hall–Kier alpha value is -2.83. The van der Waals surface area contributed by atoms with Crippen molar-refractivity contribution in [3.63, 3.8) is 0 Å². The van der Waals surface area contributed by atoms with Gasteiger partial charge >= 0.3 is 5.69 Å². The summed E-state index contributed by atoms with van der Waals surface area (Å²) >= 11 is 0. The van der Waals surface area contributed by atoms with Crippen LogP contribution in [0.3, 0.4) is 0 Å². The van der Waals surface area contributed by atoms with Crippen LogP contribution in [0.4, 0.5) is 0 Å². The van der Waals surface area contributed by atoms with E-state index in [1.54, 1.807) is 6.20 Å².